The third-order valence-electron chi connectivity index (χ3n) is 8.30. The second-order valence-corrected chi connectivity index (χ2v) is 10.7. The summed E-state index contributed by atoms with van der Waals surface area (Å²) >= 11 is 0. The molecule has 36 heavy (non-hydrogen) atoms. The van der Waals surface area contributed by atoms with Crippen molar-refractivity contribution in [3.63, 3.8) is 0 Å². The molecule has 4 aliphatic rings. The number of carbonyl (C=O) groups excluding carboxylic acids is 2. The molecule has 0 atom stereocenters. The standard InChI is InChI=1S/C27H29N3O6/c31-23(16-36-24(32)15-30-26(34)22-6-2-1-5-21(22)25(33)28-30)29(14-20-4-3-7-35-20)27-11-17-8-18(12-27)10-19(9-17)13-27/h1-7,17-19H,8-16H2,(H,28,33). The van der Waals surface area contributed by atoms with Crippen molar-refractivity contribution in [2.45, 2.75) is 57.2 Å². The number of furan rings is 1. The van der Waals surface area contributed by atoms with Crippen molar-refractivity contribution in [1.29, 1.82) is 0 Å². The maximum Gasteiger partial charge on any atom is 0.328 e. The van der Waals surface area contributed by atoms with E-state index in [1.807, 2.05) is 11.0 Å². The zero-order valence-electron chi connectivity index (χ0n) is 20.0. The van der Waals surface area contributed by atoms with Crippen LogP contribution in [0.15, 0.2) is 56.7 Å². The van der Waals surface area contributed by atoms with E-state index in [1.54, 1.807) is 30.5 Å². The van der Waals surface area contributed by atoms with E-state index in [4.69, 9.17) is 9.15 Å². The number of aromatic nitrogens is 2. The monoisotopic (exact) mass is 491 g/mol. The van der Waals surface area contributed by atoms with Gasteiger partial charge in [0.2, 0.25) is 0 Å². The lowest BCUT2D eigenvalue weighted by Gasteiger charge is -2.60. The lowest BCUT2D eigenvalue weighted by Crippen LogP contribution is -2.61. The number of ether oxygens (including phenoxy) is 1. The summed E-state index contributed by atoms with van der Waals surface area (Å²) in [6.07, 6.45) is 8.27. The molecule has 9 heteroatoms. The normalized spacial score (nSPS) is 26.3. The minimum absolute atomic E-state index is 0.219. The predicted octanol–water partition coefficient (Wildman–Crippen LogP) is 2.82. The Bertz CT molecular complexity index is 1380. The summed E-state index contributed by atoms with van der Waals surface area (Å²) in [5.74, 6) is 1.60. The van der Waals surface area contributed by atoms with Gasteiger partial charge in [-0.15, -0.1) is 0 Å². The Balaban J connectivity index is 1.18. The molecule has 4 saturated carbocycles. The highest BCUT2D eigenvalue weighted by Crippen LogP contribution is 2.58. The third kappa shape index (κ3) is 4.06. The Kier molecular flexibility index (Phi) is 5.58. The molecular formula is C27H29N3O6. The van der Waals surface area contributed by atoms with E-state index < -0.39 is 30.2 Å². The number of H-pyrrole nitrogens is 1. The van der Waals surface area contributed by atoms with E-state index >= 15 is 0 Å². The fourth-order valence-electron chi connectivity index (χ4n) is 7.23. The zero-order chi connectivity index (χ0) is 24.9. The predicted molar refractivity (Wildman–Crippen MR) is 130 cm³/mol. The van der Waals surface area contributed by atoms with E-state index in [9.17, 15) is 19.2 Å². The summed E-state index contributed by atoms with van der Waals surface area (Å²) < 4.78 is 11.8. The summed E-state index contributed by atoms with van der Waals surface area (Å²) in [5.41, 5.74) is -1.20. The number of fused-ring (bicyclic) bond motifs is 1. The highest BCUT2D eigenvalue weighted by atomic mass is 16.5. The minimum Gasteiger partial charge on any atom is -0.467 e. The van der Waals surface area contributed by atoms with Crippen molar-refractivity contribution < 1.29 is 18.7 Å². The van der Waals surface area contributed by atoms with Crippen molar-refractivity contribution in [2.75, 3.05) is 6.61 Å². The molecule has 2 aromatic heterocycles. The molecule has 0 saturated heterocycles. The number of carbonyl (C=O) groups is 2. The fourth-order valence-corrected chi connectivity index (χ4v) is 7.23. The topological polar surface area (TPSA) is 115 Å². The maximum atomic E-state index is 13.5. The van der Waals surface area contributed by atoms with Crippen LogP contribution in [0.25, 0.3) is 10.8 Å². The molecule has 0 spiro atoms. The van der Waals surface area contributed by atoms with Crippen LogP contribution < -0.4 is 11.1 Å². The van der Waals surface area contributed by atoms with Gasteiger partial charge in [0, 0.05) is 5.54 Å². The summed E-state index contributed by atoms with van der Waals surface area (Å²) in [7, 11) is 0. The maximum absolute atomic E-state index is 13.5. The average Bonchev–Trinajstić information content (AvgIpc) is 3.37. The molecule has 3 aromatic rings. The van der Waals surface area contributed by atoms with Crippen LogP contribution >= 0.6 is 0 Å². The number of nitrogens with one attached hydrogen (secondary N) is 1. The van der Waals surface area contributed by atoms with Gasteiger partial charge >= 0.3 is 5.97 Å². The molecule has 1 N–H and O–H groups in total. The van der Waals surface area contributed by atoms with Crippen LogP contribution in [0, 0.1) is 17.8 Å². The zero-order valence-corrected chi connectivity index (χ0v) is 20.0. The van der Waals surface area contributed by atoms with Gasteiger partial charge in [-0.2, -0.15) is 0 Å². The summed E-state index contributed by atoms with van der Waals surface area (Å²) in [4.78, 5) is 53.0. The van der Waals surface area contributed by atoms with Crippen LogP contribution in [0.4, 0.5) is 0 Å². The second kappa shape index (κ2) is 8.80. The van der Waals surface area contributed by atoms with Crippen LogP contribution in [-0.2, 0) is 27.4 Å². The molecule has 4 bridgehead atoms. The lowest BCUT2D eigenvalue weighted by molar-refractivity contribution is -0.164. The van der Waals surface area contributed by atoms with Crippen molar-refractivity contribution in [3.05, 3.63) is 69.1 Å². The van der Waals surface area contributed by atoms with Gasteiger partial charge in [-0.1, -0.05) is 12.1 Å². The van der Waals surface area contributed by atoms with Crippen molar-refractivity contribution in [2.24, 2.45) is 17.8 Å². The number of benzene rings is 1. The molecule has 4 fully saturated rings. The number of aromatic amines is 1. The number of esters is 1. The highest BCUT2D eigenvalue weighted by Gasteiger charge is 2.54. The van der Waals surface area contributed by atoms with E-state index in [0.29, 0.717) is 30.1 Å². The van der Waals surface area contributed by atoms with Gasteiger partial charge in [0.15, 0.2) is 6.61 Å². The molecule has 1 amide bonds. The first kappa shape index (κ1) is 22.8. The van der Waals surface area contributed by atoms with E-state index in [0.717, 1.165) is 23.9 Å². The summed E-state index contributed by atoms with van der Waals surface area (Å²) in [6.45, 7) is -0.567. The molecule has 0 unspecified atom stereocenters. The molecule has 1 aromatic carbocycles. The molecule has 2 heterocycles. The van der Waals surface area contributed by atoms with Gasteiger partial charge in [-0.25, -0.2) is 4.68 Å². The number of hydrogen-bond donors (Lipinski definition) is 1. The van der Waals surface area contributed by atoms with E-state index in [2.05, 4.69) is 5.10 Å². The SMILES string of the molecule is O=C(Cn1[nH]c(=O)c2ccccc2c1=O)OCC(=O)N(Cc1ccco1)C12CC3CC(CC(C3)C1)C2. The number of rotatable bonds is 7. The van der Waals surface area contributed by atoms with Crippen LogP contribution in [0.1, 0.15) is 44.3 Å². The van der Waals surface area contributed by atoms with Gasteiger partial charge in [0.05, 0.1) is 23.6 Å². The number of nitrogens with zero attached hydrogens (tertiary/aromatic N) is 2. The lowest BCUT2D eigenvalue weighted by atomic mass is 9.52. The van der Waals surface area contributed by atoms with E-state index in [-0.39, 0.29) is 22.2 Å². The highest BCUT2D eigenvalue weighted by molar-refractivity contribution is 5.82. The van der Waals surface area contributed by atoms with Crippen LogP contribution in [0.2, 0.25) is 0 Å². The first-order chi connectivity index (χ1) is 17.4. The fraction of sp³-hybridized carbons (Fsp3) is 0.481. The quantitative estimate of drug-likeness (QED) is 0.509. The third-order valence-corrected chi connectivity index (χ3v) is 8.30. The molecular weight excluding hydrogens is 462 g/mol. The average molecular weight is 492 g/mol. The second-order valence-electron chi connectivity index (χ2n) is 10.7. The first-order valence-corrected chi connectivity index (χ1v) is 12.6. The Morgan fingerprint density at radius 1 is 1.00 bits per heavy atom. The Labute approximate surface area is 207 Å². The van der Waals surface area contributed by atoms with Crippen molar-refractivity contribution in [3.8, 4) is 0 Å². The minimum atomic E-state index is -0.764. The largest absolute Gasteiger partial charge is 0.467 e. The Morgan fingerprint density at radius 3 is 2.31 bits per heavy atom. The summed E-state index contributed by atoms with van der Waals surface area (Å²) in [5, 5.41) is 2.89. The molecule has 188 valence electrons. The van der Waals surface area contributed by atoms with Gasteiger partial charge < -0.3 is 14.1 Å². The van der Waals surface area contributed by atoms with Crippen molar-refractivity contribution in [1.82, 2.24) is 14.7 Å². The van der Waals surface area contributed by atoms with Crippen LogP contribution in [0.5, 0.6) is 0 Å². The van der Waals surface area contributed by atoms with Crippen LogP contribution in [0.3, 0.4) is 0 Å². The Morgan fingerprint density at radius 2 is 1.67 bits per heavy atom. The van der Waals surface area contributed by atoms with Gasteiger partial charge in [-0.3, -0.25) is 24.3 Å². The molecule has 0 radical (unpaired) electrons. The number of hydrogen-bond acceptors (Lipinski definition) is 6. The van der Waals surface area contributed by atoms with Crippen LogP contribution in [-0.4, -0.2) is 38.7 Å². The smallest absolute Gasteiger partial charge is 0.328 e. The van der Waals surface area contributed by atoms with Gasteiger partial charge in [0.1, 0.15) is 12.3 Å². The summed E-state index contributed by atoms with van der Waals surface area (Å²) in [6, 6.07) is 10.1. The van der Waals surface area contributed by atoms with Gasteiger partial charge in [0.25, 0.3) is 17.0 Å². The Hall–Kier alpha value is -3.62. The van der Waals surface area contributed by atoms with E-state index in [1.165, 1.54) is 25.3 Å². The molecule has 9 nitrogen and oxygen atoms in total. The van der Waals surface area contributed by atoms with Crippen molar-refractivity contribution >= 4 is 22.6 Å². The first-order valence-electron chi connectivity index (χ1n) is 12.6. The molecule has 4 aliphatic carbocycles. The van der Waals surface area contributed by atoms with Gasteiger partial charge in [-0.05, 0) is 80.5 Å². The number of amides is 1. The molecule has 7 rings (SSSR count). The molecule has 0 aliphatic heterocycles.